The van der Waals surface area contributed by atoms with Gasteiger partial charge in [-0.15, -0.1) is 0 Å². The van der Waals surface area contributed by atoms with Gasteiger partial charge in [0.05, 0.1) is 19.8 Å². The Bertz CT molecular complexity index is 689. The molecule has 0 unspecified atom stereocenters. The molecule has 2 rings (SSSR count). The molecule has 2 aromatic rings. The van der Waals surface area contributed by atoms with Crippen LogP contribution in [0.3, 0.4) is 0 Å². The number of nitrogens with one attached hydrogen (secondary N) is 1. The van der Waals surface area contributed by atoms with Crippen LogP contribution in [0, 0.1) is 11.6 Å². The minimum absolute atomic E-state index is 0.148. The molecule has 2 aromatic carbocycles. The molecule has 0 fully saturated rings. The second-order valence-electron chi connectivity index (χ2n) is 4.50. The summed E-state index contributed by atoms with van der Waals surface area (Å²) < 4.78 is 36.8. The van der Waals surface area contributed by atoms with E-state index >= 15 is 0 Å². The topological polar surface area (TPSA) is 47.6 Å². The van der Waals surface area contributed by atoms with Crippen LogP contribution in [0.5, 0.6) is 11.5 Å². The molecule has 1 amide bonds. The van der Waals surface area contributed by atoms with Gasteiger partial charge in [-0.3, -0.25) is 4.79 Å². The zero-order chi connectivity index (χ0) is 16.1. The van der Waals surface area contributed by atoms with Gasteiger partial charge >= 0.3 is 0 Å². The van der Waals surface area contributed by atoms with Crippen LogP contribution >= 0.6 is 0 Å². The average Bonchev–Trinajstić information content (AvgIpc) is 2.54. The fourth-order valence-corrected chi connectivity index (χ4v) is 1.94. The van der Waals surface area contributed by atoms with Gasteiger partial charge in [0.1, 0.15) is 11.6 Å². The number of benzene rings is 2. The number of hydrogen-bond acceptors (Lipinski definition) is 3. The zero-order valence-corrected chi connectivity index (χ0v) is 12.2. The summed E-state index contributed by atoms with van der Waals surface area (Å²) in [6.45, 7) is 0.148. The van der Waals surface area contributed by atoms with Gasteiger partial charge in [0.25, 0.3) is 5.91 Å². The van der Waals surface area contributed by atoms with Crippen LogP contribution in [0.15, 0.2) is 36.4 Å². The summed E-state index contributed by atoms with van der Waals surface area (Å²) in [5.74, 6) is -1.05. The van der Waals surface area contributed by atoms with Crippen LogP contribution in [-0.4, -0.2) is 20.1 Å². The maximum Gasteiger partial charge on any atom is 0.254 e. The van der Waals surface area contributed by atoms with Crippen LogP contribution in [0.25, 0.3) is 0 Å². The largest absolute Gasteiger partial charge is 0.493 e. The van der Waals surface area contributed by atoms with Crippen LogP contribution < -0.4 is 14.8 Å². The smallest absolute Gasteiger partial charge is 0.254 e. The van der Waals surface area contributed by atoms with E-state index in [-0.39, 0.29) is 12.1 Å². The number of hydrogen-bond donors (Lipinski definition) is 1. The summed E-state index contributed by atoms with van der Waals surface area (Å²) >= 11 is 0. The Morgan fingerprint density at radius 1 is 1.05 bits per heavy atom. The standard InChI is InChI=1S/C16H15F2NO3/c1-21-14-6-3-10(7-15(14)22-2)9-19-16(20)12-8-11(17)4-5-13(12)18/h3-8H,9H2,1-2H3,(H,19,20). The van der Waals surface area contributed by atoms with E-state index in [2.05, 4.69) is 5.32 Å². The van der Waals surface area contributed by atoms with Gasteiger partial charge in [-0.25, -0.2) is 8.78 Å². The molecule has 0 atom stereocenters. The van der Waals surface area contributed by atoms with E-state index in [0.717, 1.165) is 23.8 Å². The summed E-state index contributed by atoms with van der Waals surface area (Å²) in [4.78, 5) is 11.9. The second kappa shape index (κ2) is 6.89. The van der Waals surface area contributed by atoms with Crippen LogP contribution in [0.4, 0.5) is 8.78 Å². The fourth-order valence-electron chi connectivity index (χ4n) is 1.94. The normalized spacial score (nSPS) is 10.2. The third kappa shape index (κ3) is 3.52. The molecular formula is C16H15F2NO3. The summed E-state index contributed by atoms with van der Waals surface area (Å²) in [6.07, 6.45) is 0. The first kappa shape index (κ1) is 15.8. The zero-order valence-electron chi connectivity index (χ0n) is 12.2. The minimum atomic E-state index is -0.772. The molecule has 0 aliphatic carbocycles. The van der Waals surface area contributed by atoms with Crippen LogP contribution in [0.1, 0.15) is 15.9 Å². The highest BCUT2D eigenvalue weighted by Gasteiger charge is 2.13. The van der Waals surface area contributed by atoms with Crippen molar-refractivity contribution in [3.63, 3.8) is 0 Å². The van der Waals surface area contributed by atoms with Crippen molar-refractivity contribution >= 4 is 5.91 Å². The number of carbonyl (C=O) groups is 1. The van der Waals surface area contributed by atoms with Crippen molar-refractivity contribution in [3.05, 3.63) is 59.2 Å². The molecule has 6 heteroatoms. The van der Waals surface area contributed by atoms with Crippen molar-refractivity contribution in [3.8, 4) is 11.5 Å². The van der Waals surface area contributed by atoms with Gasteiger partial charge in [0.2, 0.25) is 0 Å². The van der Waals surface area contributed by atoms with Crippen molar-refractivity contribution < 1.29 is 23.0 Å². The SMILES string of the molecule is COc1ccc(CNC(=O)c2cc(F)ccc2F)cc1OC. The van der Waals surface area contributed by atoms with Crippen molar-refractivity contribution in [2.24, 2.45) is 0 Å². The maximum atomic E-state index is 13.5. The van der Waals surface area contributed by atoms with E-state index in [9.17, 15) is 13.6 Å². The summed E-state index contributed by atoms with van der Waals surface area (Å²) in [5.41, 5.74) is 0.406. The fraction of sp³-hybridized carbons (Fsp3) is 0.188. The molecule has 0 saturated heterocycles. The third-order valence-corrected chi connectivity index (χ3v) is 3.07. The number of ether oxygens (including phenoxy) is 2. The Hall–Kier alpha value is -2.63. The van der Waals surface area contributed by atoms with Gasteiger partial charge < -0.3 is 14.8 Å². The Balaban J connectivity index is 2.09. The molecule has 0 aliphatic heterocycles. The van der Waals surface area contributed by atoms with Crippen molar-refractivity contribution in [2.75, 3.05) is 14.2 Å². The summed E-state index contributed by atoms with van der Waals surface area (Å²) in [5, 5.41) is 2.53. The first-order valence-corrected chi connectivity index (χ1v) is 6.49. The molecule has 1 N–H and O–H groups in total. The molecule has 0 radical (unpaired) electrons. The highest BCUT2D eigenvalue weighted by Crippen LogP contribution is 2.27. The number of methoxy groups -OCH3 is 2. The van der Waals surface area contributed by atoms with Gasteiger partial charge in [0.15, 0.2) is 11.5 Å². The maximum absolute atomic E-state index is 13.5. The Morgan fingerprint density at radius 2 is 1.77 bits per heavy atom. The molecule has 0 bridgehead atoms. The van der Waals surface area contributed by atoms with Gasteiger partial charge in [-0.2, -0.15) is 0 Å². The van der Waals surface area contributed by atoms with Gasteiger partial charge in [-0.05, 0) is 35.9 Å². The first-order valence-electron chi connectivity index (χ1n) is 6.49. The summed E-state index contributed by atoms with van der Waals surface area (Å²) in [7, 11) is 3.02. The predicted molar refractivity (Wildman–Crippen MR) is 77.1 cm³/mol. The van der Waals surface area contributed by atoms with Crippen molar-refractivity contribution in [1.82, 2.24) is 5.32 Å². The Kier molecular flexibility index (Phi) is 4.93. The number of amides is 1. The monoisotopic (exact) mass is 307 g/mol. The van der Waals surface area contributed by atoms with E-state index in [1.54, 1.807) is 18.2 Å². The third-order valence-electron chi connectivity index (χ3n) is 3.07. The molecule has 4 nitrogen and oxygen atoms in total. The highest BCUT2D eigenvalue weighted by atomic mass is 19.1. The van der Waals surface area contributed by atoms with Gasteiger partial charge in [0, 0.05) is 6.54 Å². The molecule has 116 valence electrons. The molecule has 0 spiro atoms. The van der Waals surface area contributed by atoms with Gasteiger partial charge in [-0.1, -0.05) is 6.07 Å². The minimum Gasteiger partial charge on any atom is -0.493 e. The number of carbonyl (C=O) groups excluding carboxylic acids is 1. The predicted octanol–water partition coefficient (Wildman–Crippen LogP) is 2.91. The Labute approximate surface area is 126 Å². The number of halogens is 2. The first-order chi connectivity index (χ1) is 10.5. The lowest BCUT2D eigenvalue weighted by atomic mass is 10.1. The van der Waals surface area contributed by atoms with E-state index < -0.39 is 17.5 Å². The number of rotatable bonds is 5. The molecule has 0 heterocycles. The van der Waals surface area contributed by atoms with Crippen molar-refractivity contribution in [1.29, 1.82) is 0 Å². The molecule has 0 aliphatic rings. The van der Waals surface area contributed by atoms with Crippen LogP contribution in [0.2, 0.25) is 0 Å². The van der Waals surface area contributed by atoms with E-state index in [1.807, 2.05) is 0 Å². The Morgan fingerprint density at radius 3 is 2.45 bits per heavy atom. The summed E-state index contributed by atoms with van der Waals surface area (Å²) in [6, 6.07) is 7.87. The van der Waals surface area contributed by atoms with E-state index in [1.165, 1.54) is 14.2 Å². The molecule has 0 saturated carbocycles. The highest BCUT2D eigenvalue weighted by molar-refractivity contribution is 5.94. The average molecular weight is 307 g/mol. The molecule has 22 heavy (non-hydrogen) atoms. The second-order valence-corrected chi connectivity index (χ2v) is 4.50. The van der Waals surface area contributed by atoms with E-state index in [0.29, 0.717) is 11.5 Å². The lowest BCUT2D eigenvalue weighted by Crippen LogP contribution is -2.24. The lowest BCUT2D eigenvalue weighted by Gasteiger charge is -2.10. The molecular weight excluding hydrogens is 292 g/mol. The molecule has 0 aromatic heterocycles. The quantitative estimate of drug-likeness (QED) is 0.924. The van der Waals surface area contributed by atoms with Crippen molar-refractivity contribution in [2.45, 2.75) is 6.54 Å². The van der Waals surface area contributed by atoms with E-state index in [4.69, 9.17) is 9.47 Å². The van der Waals surface area contributed by atoms with Crippen LogP contribution in [-0.2, 0) is 6.54 Å². The lowest BCUT2D eigenvalue weighted by molar-refractivity contribution is 0.0946.